The number of halogens is 3. The van der Waals surface area contributed by atoms with Crippen LogP contribution in [0.5, 0.6) is 0 Å². The Morgan fingerprint density at radius 3 is 2.38 bits per heavy atom. The van der Waals surface area contributed by atoms with Crippen molar-refractivity contribution in [2.45, 2.75) is 33.0 Å². The molecule has 120 valence electrons. The molecule has 0 aliphatic carbocycles. The molecule has 21 heavy (non-hydrogen) atoms. The number of benzene rings is 1. The maximum absolute atomic E-state index is 12.8. The minimum Gasteiger partial charge on any atom is -0.309 e. The molecule has 0 aliphatic heterocycles. The molecule has 0 saturated heterocycles. The molecule has 0 bridgehead atoms. The summed E-state index contributed by atoms with van der Waals surface area (Å²) in [6, 6.07) is 5.50. The van der Waals surface area contributed by atoms with Crippen LogP contribution in [0.25, 0.3) is 0 Å². The lowest BCUT2D eigenvalue weighted by molar-refractivity contribution is -0.137. The van der Waals surface area contributed by atoms with Crippen LogP contribution in [0.3, 0.4) is 0 Å². The molecule has 0 radical (unpaired) electrons. The maximum atomic E-state index is 12.8. The van der Waals surface area contributed by atoms with E-state index in [0.717, 1.165) is 19.2 Å². The van der Waals surface area contributed by atoms with Gasteiger partial charge in [0, 0.05) is 19.1 Å². The van der Waals surface area contributed by atoms with E-state index in [-0.39, 0.29) is 6.04 Å². The molecule has 1 atom stereocenters. The minimum atomic E-state index is -4.30. The van der Waals surface area contributed by atoms with Gasteiger partial charge in [0.05, 0.1) is 5.56 Å². The molecule has 1 aromatic carbocycles. The number of nitrogens with one attached hydrogen (secondary N) is 1. The topological polar surface area (TPSA) is 15.3 Å². The zero-order valence-corrected chi connectivity index (χ0v) is 13.2. The fraction of sp³-hybridized carbons (Fsp3) is 0.625. The molecule has 0 fully saturated rings. The lowest BCUT2D eigenvalue weighted by Gasteiger charge is -2.26. The summed E-state index contributed by atoms with van der Waals surface area (Å²) in [7, 11) is 2.00. The number of rotatable bonds is 7. The lowest BCUT2D eigenvalue weighted by Crippen LogP contribution is -2.35. The summed E-state index contributed by atoms with van der Waals surface area (Å²) in [6.07, 6.45) is -4.30. The third-order valence-corrected chi connectivity index (χ3v) is 3.24. The van der Waals surface area contributed by atoms with Gasteiger partial charge in [-0.2, -0.15) is 13.2 Å². The molecule has 0 aromatic heterocycles. The van der Waals surface area contributed by atoms with Crippen LogP contribution in [0.1, 0.15) is 37.9 Å². The fourth-order valence-electron chi connectivity index (χ4n) is 2.48. The van der Waals surface area contributed by atoms with E-state index in [4.69, 9.17) is 0 Å². The molecule has 0 spiro atoms. The van der Waals surface area contributed by atoms with Crippen molar-refractivity contribution < 1.29 is 13.2 Å². The molecule has 0 saturated carbocycles. The van der Waals surface area contributed by atoms with Crippen molar-refractivity contribution in [2.75, 3.05) is 26.7 Å². The molecule has 1 unspecified atom stereocenters. The van der Waals surface area contributed by atoms with Crippen molar-refractivity contribution in [2.24, 2.45) is 5.92 Å². The minimum absolute atomic E-state index is 0.0963. The molecule has 0 heterocycles. The molecule has 0 aliphatic rings. The highest BCUT2D eigenvalue weighted by Crippen LogP contribution is 2.30. The summed E-state index contributed by atoms with van der Waals surface area (Å²) in [6.45, 7) is 8.54. The number of hydrogen-bond acceptors (Lipinski definition) is 2. The highest BCUT2D eigenvalue weighted by atomic mass is 19.4. The Balaban J connectivity index is 2.90. The van der Waals surface area contributed by atoms with Crippen molar-refractivity contribution in [3.8, 4) is 0 Å². The van der Waals surface area contributed by atoms with E-state index in [0.29, 0.717) is 18.0 Å². The maximum Gasteiger partial charge on any atom is 0.416 e. The van der Waals surface area contributed by atoms with Crippen molar-refractivity contribution in [1.82, 2.24) is 10.2 Å². The Morgan fingerprint density at radius 1 is 1.19 bits per heavy atom. The quantitative estimate of drug-likeness (QED) is 0.820. The lowest BCUT2D eigenvalue weighted by atomic mass is 10.0. The third kappa shape index (κ3) is 6.06. The number of alkyl halides is 3. The summed E-state index contributed by atoms with van der Waals surface area (Å²) < 4.78 is 38.5. The Bertz CT molecular complexity index is 430. The monoisotopic (exact) mass is 302 g/mol. The van der Waals surface area contributed by atoms with Crippen LogP contribution in [-0.2, 0) is 6.18 Å². The SMILES string of the molecule is CCNC(CN(C)CC(C)C)c1cccc(C(F)(F)F)c1. The molecule has 0 amide bonds. The largest absolute Gasteiger partial charge is 0.416 e. The van der Waals surface area contributed by atoms with Gasteiger partial charge >= 0.3 is 6.18 Å². The first-order valence-electron chi connectivity index (χ1n) is 7.33. The van der Waals surface area contributed by atoms with E-state index in [1.54, 1.807) is 6.07 Å². The van der Waals surface area contributed by atoms with Gasteiger partial charge in [-0.15, -0.1) is 0 Å². The van der Waals surface area contributed by atoms with Gasteiger partial charge in [0.1, 0.15) is 0 Å². The summed E-state index contributed by atoms with van der Waals surface area (Å²) in [5.74, 6) is 0.527. The predicted molar refractivity (Wildman–Crippen MR) is 80.2 cm³/mol. The Morgan fingerprint density at radius 2 is 1.86 bits per heavy atom. The smallest absolute Gasteiger partial charge is 0.309 e. The standard InChI is InChI=1S/C16H25F3N2/c1-5-20-15(11-21(4)10-12(2)3)13-7-6-8-14(9-13)16(17,18)19/h6-9,12,15,20H,5,10-11H2,1-4H3. The Labute approximate surface area is 125 Å². The number of hydrogen-bond donors (Lipinski definition) is 1. The average Bonchev–Trinajstić information content (AvgIpc) is 2.36. The van der Waals surface area contributed by atoms with Gasteiger partial charge in [-0.25, -0.2) is 0 Å². The van der Waals surface area contributed by atoms with Gasteiger partial charge in [-0.05, 0) is 37.2 Å². The number of likely N-dealkylation sites (N-methyl/N-ethyl adjacent to an activating group) is 2. The predicted octanol–water partition coefficient (Wildman–Crippen LogP) is 3.94. The van der Waals surface area contributed by atoms with Gasteiger partial charge < -0.3 is 10.2 Å². The van der Waals surface area contributed by atoms with Gasteiger partial charge in [0.25, 0.3) is 0 Å². The van der Waals surface area contributed by atoms with Gasteiger partial charge in [0.15, 0.2) is 0 Å². The highest BCUT2D eigenvalue weighted by Gasteiger charge is 2.31. The Hall–Kier alpha value is -1.07. The Kier molecular flexibility index (Phi) is 6.68. The zero-order chi connectivity index (χ0) is 16.0. The van der Waals surface area contributed by atoms with Gasteiger partial charge in [0.2, 0.25) is 0 Å². The van der Waals surface area contributed by atoms with E-state index < -0.39 is 11.7 Å². The zero-order valence-electron chi connectivity index (χ0n) is 13.2. The van der Waals surface area contributed by atoms with E-state index in [1.807, 2.05) is 14.0 Å². The summed E-state index contributed by atoms with van der Waals surface area (Å²) in [5.41, 5.74) is 0.0942. The van der Waals surface area contributed by atoms with Gasteiger partial charge in [-0.3, -0.25) is 0 Å². The molecule has 1 N–H and O–H groups in total. The van der Waals surface area contributed by atoms with Gasteiger partial charge in [-0.1, -0.05) is 32.9 Å². The molecule has 5 heteroatoms. The average molecular weight is 302 g/mol. The van der Waals surface area contributed by atoms with Crippen LogP contribution in [-0.4, -0.2) is 31.6 Å². The van der Waals surface area contributed by atoms with E-state index in [1.165, 1.54) is 12.1 Å². The van der Waals surface area contributed by atoms with Crippen LogP contribution >= 0.6 is 0 Å². The van der Waals surface area contributed by atoms with Crippen LogP contribution in [0.2, 0.25) is 0 Å². The summed E-state index contributed by atoms with van der Waals surface area (Å²) in [5, 5.41) is 3.27. The van der Waals surface area contributed by atoms with E-state index >= 15 is 0 Å². The van der Waals surface area contributed by atoms with Crippen LogP contribution < -0.4 is 5.32 Å². The van der Waals surface area contributed by atoms with Crippen LogP contribution in [0.4, 0.5) is 13.2 Å². The van der Waals surface area contributed by atoms with Crippen molar-refractivity contribution >= 4 is 0 Å². The second-order valence-corrected chi connectivity index (χ2v) is 5.85. The van der Waals surface area contributed by atoms with Crippen molar-refractivity contribution in [3.05, 3.63) is 35.4 Å². The first-order valence-corrected chi connectivity index (χ1v) is 7.33. The first kappa shape index (κ1) is 18.0. The molecule has 1 aromatic rings. The third-order valence-electron chi connectivity index (χ3n) is 3.24. The summed E-state index contributed by atoms with van der Waals surface area (Å²) >= 11 is 0. The van der Waals surface area contributed by atoms with E-state index in [9.17, 15) is 13.2 Å². The molecule has 1 rings (SSSR count). The normalized spacial score (nSPS) is 14.0. The highest BCUT2D eigenvalue weighted by molar-refractivity contribution is 5.28. The number of nitrogens with zero attached hydrogens (tertiary/aromatic N) is 1. The fourth-order valence-corrected chi connectivity index (χ4v) is 2.48. The second kappa shape index (κ2) is 7.80. The van der Waals surface area contributed by atoms with Crippen LogP contribution in [0.15, 0.2) is 24.3 Å². The molecular weight excluding hydrogens is 277 g/mol. The second-order valence-electron chi connectivity index (χ2n) is 5.85. The van der Waals surface area contributed by atoms with Crippen molar-refractivity contribution in [1.29, 1.82) is 0 Å². The van der Waals surface area contributed by atoms with Crippen LogP contribution in [0, 0.1) is 5.92 Å². The summed E-state index contributed by atoms with van der Waals surface area (Å²) in [4.78, 5) is 2.15. The van der Waals surface area contributed by atoms with Crippen molar-refractivity contribution in [3.63, 3.8) is 0 Å². The molecular formula is C16H25F3N2. The van der Waals surface area contributed by atoms with E-state index in [2.05, 4.69) is 24.1 Å². The molecule has 2 nitrogen and oxygen atoms in total. The first-order chi connectivity index (χ1) is 9.74.